The first-order chi connectivity index (χ1) is 12.5. The van der Waals surface area contributed by atoms with E-state index >= 15 is 0 Å². The topological polar surface area (TPSA) is 87.2 Å². The number of hydrogen-bond donors (Lipinski definition) is 1. The van der Waals surface area contributed by atoms with E-state index in [0.717, 1.165) is 5.56 Å². The second-order valence-electron chi connectivity index (χ2n) is 6.86. The highest BCUT2D eigenvalue weighted by atomic mass is 16.5. The molecule has 2 fully saturated rings. The van der Waals surface area contributed by atoms with Gasteiger partial charge in [-0.25, -0.2) is 0 Å². The molecule has 0 saturated carbocycles. The summed E-state index contributed by atoms with van der Waals surface area (Å²) in [6.45, 7) is 1.54. The van der Waals surface area contributed by atoms with Crippen LogP contribution in [-0.4, -0.2) is 65.0 Å². The van der Waals surface area contributed by atoms with E-state index in [0.29, 0.717) is 39.1 Å². The molecule has 0 radical (unpaired) electrons. The van der Waals surface area contributed by atoms with Crippen molar-refractivity contribution in [3.63, 3.8) is 0 Å². The molecule has 0 aliphatic carbocycles. The van der Waals surface area contributed by atoms with Crippen molar-refractivity contribution < 1.29 is 24.2 Å². The van der Waals surface area contributed by atoms with Crippen molar-refractivity contribution >= 4 is 17.8 Å². The van der Waals surface area contributed by atoms with Crippen LogP contribution in [0.25, 0.3) is 0 Å². The van der Waals surface area contributed by atoms with Gasteiger partial charge in [0, 0.05) is 38.8 Å². The van der Waals surface area contributed by atoms with Gasteiger partial charge in [0.2, 0.25) is 11.8 Å². The lowest BCUT2D eigenvalue weighted by atomic mass is 10.0. The fourth-order valence-electron chi connectivity index (χ4n) is 3.66. The Balaban J connectivity index is 1.67. The molecule has 7 heteroatoms. The molecule has 0 bridgehead atoms. The van der Waals surface area contributed by atoms with Gasteiger partial charge in [0.25, 0.3) is 0 Å². The smallest absolute Gasteiger partial charge is 0.323 e. The molecule has 140 valence electrons. The fourth-order valence-corrected chi connectivity index (χ4v) is 3.66. The molecule has 3 rings (SSSR count). The average molecular weight is 360 g/mol. The van der Waals surface area contributed by atoms with Gasteiger partial charge < -0.3 is 19.6 Å². The van der Waals surface area contributed by atoms with Crippen LogP contribution in [0, 0.1) is 5.92 Å². The van der Waals surface area contributed by atoms with Gasteiger partial charge in [0.05, 0.1) is 5.92 Å². The van der Waals surface area contributed by atoms with E-state index in [1.54, 1.807) is 4.90 Å². The minimum Gasteiger partial charge on any atom is -0.480 e. The number of ether oxygens (including phenoxy) is 1. The molecule has 1 atom stereocenters. The Labute approximate surface area is 152 Å². The summed E-state index contributed by atoms with van der Waals surface area (Å²) in [5, 5.41) is 9.20. The van der Waals surface area contributed by atoms with Crippen LogP contribution in [-0.2, 0) is 25.7 Å². The largest absolute Gasteiger partial charge is 0.480 e. The summed E-state index contributed by atoms with van der Waals surface area (Å²) in [5.41, 5.74) is 1.01. The zero-order valence-electron chi connectivity index (χ0n) is 14.7. The fraction of sp³-hybridized carbons (Fsp3) is 0.526. The molecule has 2 saturated heterocycles. The first-order valence-electron chi connectivity index (χ1n) is 8.96. The molecule has 1 N–H and O–H groups in total. The number of carboxylic acids is 1. The molecule has 1 aromatic rings. The second-order valence-corrected chi connectivity index (χ2v) is 6.86. The lowest BCUT2D eigenvalue weighted by Gasteiger charge is -2.34. The summed E-state index contributed by atoms with van der Waals surface area (Å²) >= 11 is 0. The summed E-state index contributed by atoms with van der Waals surface area (Å²) in [6.07, 6.45) is 1.41. The van der Waals surface area contributed by atoms with Gasteiger partial charge in [0.15, 0.2) is 0 Å². The maximum Gasteiger partial charge on any atom is 0.323 e. The van der Waals surface area contributed by atoms with E-state index in [1.165, 1.54) is 4.90 Å². The number of likely N-dealkylation sites (tertiary alicyclic amines) is 1. The maximum absolute atomic E-state index is 13.0. The van der Waals surface area contributed by atoms with E-state index in [4.69, 9.17) is 4.74 Å². The van der Waals surface area contributed by atoms with Crippen molar-refractivity contribution in [2.24, 2.45) is 5.92 Å². The number of hydrogen-bond acceptors (Lipinski definition) is 4. The normalized spacial score (nSPS) is 21.0. The van der Waals surface area contributed by atoms with Crippen molar-refractivity contribution in [1.29, 1.82) is 0 Å². The van der Waals surface area contributed by atoms with Crippen LogP contribution >= 0.6 is 0 Å². The van der Waals surface area contributed by atoms with Crippen molar-refractivity contribution in [1.82, 2.24) is 9.80 Å². The minimum atomic E-state index is -1.03. The molecule has 0 aromatic heterocycles. The van der Waals surface area contributed by atoms with Crippen LogP contribution in [0.3, 0.4) is 0 Å². The Morgan fingerprint density at radius 1 is 1.19 bits per heavy atom. The third-order valence-electron chi connectivity index (χ3n) is 5.00. The first-order valence-corrected chi connectivity index (χ1v) is 8.96. The molecular formula is C19H24N2O5. The van der Waals surface area contributed by atoms with Gasteiger partial charge in [-0.1, -0.05) is 30.3 Å². The summed E-state index contributed by atoms with van der Waals surface area (Å²) in [5.74, 6) is -1.80. The predicted molar refractivity (Wildman–Crippen MR) is 93.2 cm³/mol. The summed E-state index contributed by atoms with van der Waals surface area (Å²) in [6, 6.07) is 9.50. The van der Waals surface area contributed by atoms with Gasteiger partial charge in [0.1, 0.15) is 6.54 Å². The van der Waals surface area contributed by atoms with Crippen LogP contribution in [0.15, 0.2) is 30.3 Å². The number of aliphatic carboxylic acids is 1. The zero-order valence-corrected chi connectivity index (χ0v) is 14.7. The van der Waals surface area contributed by atoms with Crippen LogP contribution in [0.2, 0.25) is 0 Å². The van der Waals surface area contributed by atoms with E-state index < -0.39 is 11.9 Å². The molecule has 2 heterocycles. The van der Waals surface area contributed by atoms with Crippen molar-refractivity contribution in [3.05, 3.63) is 35.9 Å². The van der Waals surface area contributed by atoms with Crippen LogP contribution in [0.5, 0.6) is 0 Å². The summed E-state index contributed by atoms with van der Waals surface area (Å²) in [4.78, 5) is 39.7. The molecule has 2 aliphatic heterocycles. The number of carbonyl (C=O) groups is 3. The lowest BCUT2D eigenvalue weighted by Crippen LogP contribution is -2.48. The SMILES string of the molecule is O=C(O)CN(C(=O)[C@H]1CC(=O)N(Cc2ccccc2)C1)C1CCOCC1. The standard InChI is InChI=1S/C19H24N2O5/c22-17-10-15(12-20(17)11-14-4-2-1-3-5-14)19(25)21(13-18(23)24)16-6-8-26-9-7-16/h1-5,15-16H,6-13H2,(H,23,24)/t15-/m0/s1. The monoisotopic (exact) mass is 360 g/mol. The average Bonchev–Trinajstić information content (AvgIpc) is 3.01. The van der Waals surface area contributed by atoms with Crippen LogP contribution in [0.4, 0.5) is 0 Å². The highest BCUT2D eigenvalue weighted by Crippen LogP contribution is 2.25. The second kappa shape index (κ2) is 8.31. The molecule has 26 heavy (non-hydrogen) atoms. The van der Waals surface area contributed by atoms with Crippen LogP contribution in [0.1, 0.15) is 24.8 Å². The molecular weight excluding hydrogens is 336 g/mol. The Kier molecular flexibility index (Phi) is 5.88. The Bertz CT molecular complexity index is 657. The molecule has 1 aromatic carbocycles. The summed E-state index contributed by atoms with van der Waals surface area (Å²) < 4.78 is 5.31. The highest BCUT2D eigenvalue weighted by Gasteiger charge is 2.39. The van der Waals surface area contributed by atoms with Crippen molar-refractivity contribution in [3.8, 4) is 0 Å². The highest BCUT2D eigenvalue weighted by molar-refractivity contribution is 5.90. The number of rotatable bonds is 6. The zero-order chi connectivity index (χ0) is 18.5. The number of amides is 2. The first kappa shape index (κ1) is 18.4. The Morgan fingerprint density at radius 3 is 2.54 bits per heavy atom. The van der Waals surface area contributed by atoms with Crippen LogP contribution < -0.4 is 0 Å². The minimum absolute atomic E-state index is 0.0607. The van der Waals surface area contributed by atoms with E-state index in [2.05, 4.69) is 0 Å². The lowest BCUT2D eigenvalue weighted by molar-refractivity contribution is -0.149. The quantitative estimate of drug-likeness (QED) is 0.822. The number of nitrogens with zero attached hydrogens (tertiary/aromatic N) is 2. The van der Waals surface area contributed by atoms with Gasteiger partial charge in [-0.3, -0.25) is 14.4 Å². The van der Waals surface area contributed by atoms with Gasteiger partial charge in [-0.05, 0) is 18.4 Å². The molecule has 2 aliphatic rings. The van der Waals surface area contributed by atoms with Gasteiger partial charge >= 0.3 is 5.97 Å². The Hall–Kier alpha value is -2.41. The number of carboxylic acid groups (broad SMARTS) is 1. The third-order valence-corrected chi connectivity index (χ3v) is 5.00. The molecule has 0 spiro atoms. The van der Waals surface area contributed by atoms with E-state index in [-0.39, 0.29) is 30.8 Å². The number of carbonyl (C=O) groups excluding carboxylic acids is 2. The predicted octanol–water partition coefficient (Wildman–Crippen LogP) is 1.13. The van der Waals surface area contributed by atoms with E-state index in [9.17, 15) is 19.5 Å². The van der Waals surface area contributed by atoms with Gasteiger partial charge in [-0.2, -0.15) is 0 Å². The maximum atomic E-state index is 13.0. The van der Waals surface area contributed by atoms with E-state index in [1.807, 2.05) is 30.3 Å². The molecule has 0 unspecified atom stereocenters. The molecule has 2 amide bonds. The number of benzene rings is 1. The van der Waals surface area contributed by atoms with Gasteiger partial charge in [-0.15, -0.1) is 0 Å². The van der Waals surface area contributed by atoms with Crippen molar-refractivity contribution in [2.45, 2.75) is 31.8 Å². The Morgan fingerprint density at radius 2 is 1.88 bits per heavy atom. The summed E-state index contributed by atoms with van der Waals surface area (Å²) in [7, 11) is 0. The third kappa shape index (κ3) is 4.40. The van der Waals surface area contributed by atoms with Crippen molar-refractivity contribution in [2.75, 3.05) is 26.3 Å². The molecule has 7 nitrogen and oxygen atoms in total.